The van der Waals surface area contributed by atoms with Gasteiger partial charge in [-0.1, -0.05) is 64.4 Å². The fourth-order valence-electron chi connectivity index (χ4n) is 6.21. The molecule has 1 fully saturated rings. The molecule has 322 valence electrons. The van der Waals surface area contributed by atoms with Crippen LogP contribution < -0.4 is 10.6 Å². The predicted molar refractivity (Wildman–Crippen MR) is 210 cm³/mol. The normalized spacial score (nSPS) is 15.3. The maximum absolute atomic E-state index is 13.2. The van der Waals surface area contributed by atoms with E-state index in [0.717, 1.165) is 17.7 Å². The van der Waals surface area contributed by atoms with Crippen molar-refractivity contribution in [3.63, 3.8) is 0 Å². The molecule has 0 saturated carbocycles. The van der Waals surface area contributed by atoms with Gasteiger partial charge >= 0.3 is 5.97 Å². The summed E-state index contributed by atoms with van der Waals surface area (Å²) in [6.45, 7) is 8.77. The van der Waals surface area contributed by atoms with Crippen LogP contribution >= 0.6 is 0 Å². The summed E-state index contributed by atoms with van der Waals surface area (Å²) in [6, 6.07) is 3.90. The van der Waals surface area contributed by atoms with E-state index in [9.17, 15) is 24.0 Å². The number of carbonyl (C=O) groups is 5. The van der Waals surface area contributed by atoms with Crippen LogP contribution in [0.3, 0.4) is 0 Å². The van der Waals surface area contributed by atoms with Crippen LogP contribution in [-0.4, -0.2) is 146 Å². The molecule has 57 heavy (non-hydrogen) atoms. The molecule has 2 heterocycles. The van der Waals surface area contributed by atoms with Gasteiger partial charge in [0.1, 0.15) is 12.6 Å². The van der Waals surface area contributed by atoms with E-state index in [2.05, 4.69) is 17.6 Å². The number of anilines is 1. The Kier molecular flexibility index (Phi) is 25.7. The van der Waals surface area contributed by atoms with Crippen molar-refractivity contribution in [1.82, 2.24) is 10.2 Å². The molecule has 2 aliphatic heterocycles. The molecule has 16 heteroatoms. The van der Waals surface area contributed by atoms with Gasteiger partial charge in [-0.3, -0.25) is 34.2 Å². The molecule has 2 N–H and O–H groups in total. The molecule has 1 aromatic rings. The first kappa shape index (κ1) is 47.9. The Hall–Kier alpha value is -3.51. The molecule has 1 aromatic carbocycles. The standard InChI is InChI=1S/C41H65N3O13/c1-2-3-4-5-6-7-8-9-10-14-37(46)57-32-31-56-30-29-55-28-27-54-26-25-53-24-23-52-22-21-51-20-19-50-18-17-42-34-13-11-12-33-38(34)41(49)44(40(33)48)35-15-16-36(45)43-39(35)47/h11-13,35,42H,2-10,14-32H2,1H3,(H,43,45,47). The lowest BCUT2D eigenvalue weighted by atomic mass is 10.0. The van der Waals surface area contributed by atoms with E-state index in [1.807, 2.05) is 0 Å². The summed E-state index contributed by atoms with van der Waals surface area (Å²) >= 11 is 0. The molecule has 16 nitrogen and oxygen atoms in total. The molecule has 1 saturated heterocycles. The largest absolute Gasteiger partial charge is 0.463 e. The maximum Gasteiger partial charge on any atom is 0.305 e. The highest BCUT2D eigenvalue weighted by Crippen LogP contribution is 2.32. The number of carbonyl (C=O) groups excluding carboxylic acids is 5. The Morgan fingerprint density at radius 3 is 1.67 bits per heavy atom. The molecule has 4 amide bonds. The zero-order valence-corrected chi connectivity index (χ0v) is 33.9. The fraction of sp³-hybridized carbons (Fsp3) is 0.732. The molecular weight excluding hydrogens is 742 g/mol. The van der Waals surface area contributed by atoms with Crippen molar-refractivity contribution in [3.8, 4) is 0 Å². The highest BCUT2D eigenvalue weighted by molar-refractivity contribution is 6.25. The van der Waals surface area contributed by atoms with E-state index in [-0.39, 0.29) is 36.5 Å². The zero-order chi connectivity index (χ0) is 40.8. The van der Waals surface area contributed by atoms with Gasteiger partial charge in [-0.25, -0.2) is 0 Å². The van der Waals surface area contributed by atoms with E-state index >= 15 is 0 Å². The van der Waals surface area contributed by atoms with Crippen LogP contribution in [0, 0.1) is 0 Å². The summed E-state index contributed by atoms with van der Waals surface area (Å²) in [5.74, 6) is -2.32. The smallest absolute Gasteiger partial charge is 0.305 e. The average Bonchev–Trinajstić information content (AvgIpc) is 3.46. The Morgan fingerprint density at radius 1 is 0.649 bits per heavy atom. The minimum Gasteiger partial charge on any atom is -0.463 e. The van der Waals surface area contributed by atoms with Gasteiger partial charge in [0.15, 0.2) is 0 Å². The molecule has 1 unspecified atom stereocenters. The number of fused-ring (bicyclic) bond motifs is 1. The van der Waals surface area contributed by atoms with Crippen molar-refractivity contribution in [2.45, 2.75) is 90.0 Å². The topological polar surface area (TPSA) is 186 Å². The molecule has 3 rings (SSSR count). The van der Waals surface area contributed by atoms with E-state index in [1.54, 1.807) is 18.2 Å². The molecule has 2 aliphatic rings. The Morgan fingerprint density at radius 2 is 1.14 bits per heavy atom. The lowest BCUT2D eigenvalue weighted by Gasteiger charge is -2.27. The molecule has 1 atom stereocenters. The molecular formula is C41H65N3O13. The summed E-state index contributed by atoms with van der Waals surface area (Å²) in [6.07, 6.45) is 11.6. The molecule has 0 spiro atoms. The number of hydrogen-bond donors (Lipinski definition) is 2. The Labute approximate surface area is 337 Å². The number of amides is 4. The van der Waals surface area contributed by atoms with Crippen molar-refractivity contribution >= 4 is 35.3 Å². The van der Waals surface area contributed by atoms with Crippen molar-refractivity contribution in [2.75, 3.05) is 111 Å². The Balaban J connectivity index is 1.01. The zero-order valence-electron chi connectivity index (χ0n) is 33.9. The van der Waals surface area contributed by atoms with Crippen LogP contribution in [0.1, 0.15) is 105 Å². The van der Waals surface area contributed by atoms with Crippen LogP contribution in [0.15, 0.2) is 18.2 Å². The second kappa shape index (κ2) is 30.6. The minimum atomic E-state index is -1.01. The number of hydrogen-bond acceptors (Lipinski definition) is 14. The molecule has 0 radical (unpaired) electrons. The van der Waals surface area contributed by atoms with Gasteiger partial charge in [-0.05, 0) is 25.0 Å². The Bertz CT molecular complexity index is 1330. The number of nitrogens with zero attached hydrogens (tertiary/aromatic N) is 1. The highest BCUT2D eigenvalue weighted by Gasteiger charge is 2.45. The van der Waals surface area contributed by atoms with Crippen LogP contribution in [0.4, 0.5) is 5.69 Å². The monoisotopic (exact) mass is 807 g/mol. The molecule has 0 bridgehead atoms. The van der Waals surface area contributed by atoms with Crippen molar-refractivity contribution < 1.29 is 61.9 Å². The lowest BCUT2D eigenvalue weighted by Crippen LogP contribution is -2.54. The molecule has 0 aliphatic carbocycles. The summed E-state index contributed by atoms with van der Waals surface area (Å²) in [4.78, 5) is 62.7. The number of piperidine rings is 1. The van der Waals surface area contributed by atoms with E-state index in [0.29, 0.717) is 111 Å². The number of nitrogens with one attached hydrogen (secondary N) is 2. The van der Waals surface area contributed by atoms with Gasteiger partial charge in [0.25, 0.3) is 11.8 Å². The first-order valence-electron chi connectivity index (χ1n) is 20.7. The third-order valence-corrected chi connectivity index (χ3v) is 9.24. The van der Waals surface area contributed by atoms with Crippen molar-refractivity contribution in [2.24, 2.45) is 0 Å². The van der Waals surface area contributed by atoms with Crippen molar-refractivity contribution in [3.05, 3.63) is 29.3 Å². The quantitative estimate of drug-likeness (QED) is 0.0561. The van der Waals surface area contributed by atoms with Gasteiger partial charge < -0.3 is 43.2 Å². The van der Waals surface area contributed by atoms with Gasteiger partial charge in [-0.15, -0.1) is 0 Å². The lowest BCUT2D eigenvalue weighted by molar-refractivity contribution is -0.145. The fourth-order valence-corrected chi connectivity index (χ4v) is 6.21. The minimum absolute atomic E-state index is 0.0651. The number of ether oxygens (including phenoxy) is 8. The predicted octanol–water partition coefficient (Wildman–Crippen LogP) is 4.08. The maximum atomic E-state index is 13.2. The number of unbranched alkanes of at least 4 members (excludes halogenated alkanes) is 8. The molecule has 0 aromatic heterocycles. The van der Waals surface area contributed by atoms with E-state index in [4.69, 9.17) is 37.9 Å². The number of imide groups is 2. The first-order valence-corrected chi connectivity index (χ1v) is 20.7. The van der Waals surface area contributed by atoms with E-state index < -0.39 is 29.7 Å². The van der Waals surface area contributed by atoms with Crippen LogP contribution in [0.2, 0.25) is 0 Å². The second-order valence-corrected chi connectivity index (χ2v) is 13.7. The second-order valence-electron chi connectivity index (χ2n) is 13.7. The van der Waals surface area contributed by atoms with Gasteiger partial charge in [-0.2, -0.15) is 0 Å². The van der Waals surface area contributed by atoms with Crippen LogP contribution in [-0.2, 0) is 52.3 Å². The highest BCUT2D eigenvalue weighted by atomic mass is 16.6. The third kappa shape index (κ3) is 19.7. The summed E-state index contributed by atoms with van der Waals surface area (Å²) < 4.78 is 43.8. The first-order chi connectivity index (χ1) is 27.9. The number of benzene rings is 1. The SMILES string of the molecule is CCCCCCCCCCCC(=O)OCCOCCOCCOCCOCCOCCOCCOCCNc1cccc2c1C(=O)N(C1CCC(=O)NC1=O)C2=O. The number of rotatable bonds is 36. The average molecular weight is 808 g/mol. The van der Waals surface area contributed by atoms with Crippen LogP contribution in [0.5, 0.6) is 0 Å². The summed E-state index contributed by atoms with van der Waals surface area (Å²) in [7, 11) is 0. The number of esters is 1. The summed E-state index contributed by atoms with van der Waals surface area (Å²) in [5.41, 5.74) is 0.905. The van der Waals surface area contributed by atoms with Gasteiger partial charge in [0.05, 0.1) is 104 Å². The van der Waals surface area contributed by atoms with Crippen molar-refractivity contribution in [1.29, 1.82) is 0 Å². The van der Waals surface area contributed by atoms with Gasteiger partial charge in [0.2, 0.25) is 11.8 Å². The van der Waals surface area contributed by atoms with Crippen LogP contribution in [0.25, 0.3) is 0 Å². The van der Waals surface area contributed by atoms with Gasteiger partial charge in [0, 0.05) is 25.1 Å². The summed E-state index contributed by atoms with van der Waals surface area (Å²) in [5, 5.41) is 5.33. The van der Waals surface area contributed by atoms with E-state index in [1.165, 1.54) is 44.9 Å². The third-order valence-electron chi connectivity index (χ3n) is 9.24.